The normalized spacial score (nSPS) is 15.6. The van der Waals surface area contributed by atoms with Gasteiger partial charge in [-0.05, 0) is 48.7 Å². The molecule has 1 fully saturated rings. The minimum Gasteiger partial charge on any atom is -0.379 e. The zero-order chi connectivity index (χ0) is 19.9. The van der Waals surface area contributed by atoms with Crippen LogP contribution >= 0.6 is 0 Å². The summed E-state index contributed by atoms with van der Waals surface area (Å²) in [6, 6.07) is 9.35. The van der Waals surface area contributed by atoms with E-state index < -0.39 is 11.8 Å². The van der Waals surface area contributed by atoms with Crippen LogP contribution in [-0.4, -0.2) is 54.5 Å². The van der Waals surface area contributed by atoms with E-state index in [0.29, 0.717) is 25.4 Å². The van der Waals surface area contributed by atoms with Gasteiger partial charge in [-0.3, -0.25) is 19.5 Å². The molecule has 0 saturated carbocycles. The number of pyridine rings is 1. The van der Waals surface area contributed by atoms with Crippen molar-refractivity contribution in [1.82, 2.24) is 15.2 Å². The van der Waals surface area contributed by atoms with Crippen LogP contribution in [0, 0.1) is 13.8 Å². The maximum Gasteiger partial charge on any atom is 0.313 e. The fraction of sp³-hybridized carbons (Fsp3) is 0.381. The number of amides is 2. The third-order valence-electron chi connectivity index (χ3n) is 4.98. The van der Waals surface area contributed by atoms with Gasteiger partial charge in [0.05, 0.1) is 19.3 Å². The quantitative estimate of drug-likeness (QED) is 0.771. The molecule has 7 heteroatoms. The summed E-state index contributed by atoms with van der Waals surface area (Å²) >= 11 is 0. The van der Waals surface area contributed by atoms with Crippen molar-refractivity contribution in [1.29, 1.82) is 0 Å². The van der Waals surface area contributed by atoms with Crippen LogP contribution < -0.4 is 10.6 Å². The number of morpholine rings is 1. The predicted molar refractivity (Wildman–Crippen MR) is 107 cm³/mol. The standard InChI is InChI=1S/C21H26N4O3/c1-15-5-6-18(12-16(15)2)24-21(27)20(26)23-14-19(17-4-3-7-22-13-17)25-8-10-28-11-9-25/h3-7,12-13,19H,8-11,14H2,1-2H3,(H,23,26)(H,24,27)/t19-/m1/s1. The van der Waals surface area contributed by atoms with Gasteiger partial charge in [-0.25, -0.2) is 0 Å². The van der Waals surface area contributed by atoms with Crippen molar-refractivity contribution in [2.75, 3.05) is 38.2 Å². The Bertz CT molecular complexity index is 820. The zero-order valence-corrected chi connectivity index (χ0v) is 16.3. The molecule has 1 aromatic heterocycles. The molecule has 0 unspecified atom stereocenters. The second-order valence-electron chi connectivity index (χ2n) is 6.91. The highest BCUT2D eigenvalue weighted by Gasteiger charge is 2.24. The molecule has 2 N–H and O–H groups in total. The van der Waals surface area contributed by atoms with Crippen molar-refractivity contribution >= 4 is 17.5 Å². The summed E-state index contributed by atoms with van der Waals surface area (Å²) in [5, 5.41) is 5.42. The number of hydrogen-bond acceptors (Lipinski definition) is 5. The van der Waals surface area contributed by atoms with Gasteiger partial charge in [-0.1, -0.05) is 12.1 Å². The summed E-state index contributed by atoms with van der Waals surface area (Å²) in [6.45, 7) is 7.12. The number of carbonyl (C=O) groups excluding carboxylic acids is 2. The van der Waals surface area contributed by atoms with Crippen LogP contribution in [0.4, 0.5) is 5.69 Å². The smallest absolute Gasteiger partial charge is 0.313 e. The number of aryl methyl sites for hydroxylation is 2. The number of anilines is 1. The molecule has 0 aliphatic carbocycles. The van der Waals surface area contributed by atoms with E-state index in [1.807, 2.05) is 38.1 Å². The Labute approximate surface area is 165 Å². The number of nitrogens with one attached hydrogen (secondary N) is 2. The molecule has 0 radical (unpaired) electrons. The van der Waals surface area contributed by atoms with Crippen molar-refractivity contribution in [3.8, 4) is 0 Å². The topological polar surface area (TPSA) is 83.6 Å². The number of aromatic nitrogens is 1. The van der Waals surface area contributed by atoms with Gasteiger partial charge in [-0.15, -0.1) is 0 Å². The Balaban J connectivity index is 1.62. The maximum atomic E-state index is 12.3. The third kappa shape index (κ3) is 5.15. The Hall–Kier alpha value is -2.77. The first-order valence-corrected chi connectivity index (χ1v) is 9.43. The Morgan fingerprint density at radius 2 is 1.93 bits per heavy atom. The van der Waals surface area contributed by atoms with Gasteiger partial charge in [-0.2, -0.15) is 0 Å². The molecule has 0 spiro atoms. The van der Waals surface area contributed by atoms with Crippen molar-refractivity contribution in [3.63, 3.8) is 0 Å². The van der Waals surface area contributed by atoms with Crippen LogP contribution in [0.2, 0.25) is 0 Å². The van der Waals surface area contributed by atoms with Crippen molar-refractivity contribution in [2.24, 2.45) is 0 Å². The lowest BCUT2D eigenvalue weighted by Crippen LogP contribution is -2.45. The molecular formula is C21H26N4O3. The highest BCUT2D eigenvalue weighted by atomic mass is 16.5. The minimum atomic E-state index is -0.671. The summed E-state index contributed by atoms with van der Waals surface area (Å²) in [7, 11) is 0. The van der Waals surface area contributed by atoms with Crippen LogP contribution in [0.25, 0.3) is 0 Å². The lowest BCUT2D eigenvalue weighted by Gasteiger charge is -2.34. The molecule has 7 nitrogen and oxygen atoms in total. The van der Waals surface area contributed by atoms with E-state index in [9.17, 15) is 9.59 Å². The number of carbonyl (C=O) groups is 2. The number of nitrogens with zero attached hydrogens (tertiary/aromatic N) is 2. The number of rotatable bonds is 5. The Morgan fingerprint density at radius 1 is 1.14 bits per heavy atom. The summed E-state index contributed by atoms with van der Waals surface area (Å²) < 4.78 is 5.43. The SMILES string of the molecule is Cc1ccc(NC(=O)C(=O)NC[C@H](c2cccnc2)N2CCOCC2)cc1C. The van der Waals surface area contributed by atoms with Crippen LogP contribution in [0.1, 0.15) is 22.7 Å². The van der Waals surface area contributed by atoms with E-state index in [4.69, 9.17) is 4.74 Å². The number of hydrogen-bond donors (Lipinski definition) is 2. The van der Waals surface area contributed by atoms with Gasteiger partial charge >= 0.3 is 11.8 Å². The summed E-state index contributed by atoms with van der Waals surface area (Å²) in [6.07, 6.45) is 3.51. The van der Waals surface area contributed by atoms with Crippen LogP contribution in [0.15, 0.2) is 42.7 Å². The van der Waals surface area contributed by atoms with Crippen molar-refractivity contribution in [3.05, 3.63) is 59.4 Å². The highest BCUT2D eigenvalue weighted by Crippen LogP contribution is 2.20. The van der Waals surface area contributed by atoms with Gasteiger partial charge in [0.1, 0.15) is 0 Å². The summed E-state index contributed by atoms with van der Waals surface area (Å²) in [4.78, 5) is 31.0. The monoisotopic (exact) mass is 382 g/mol. The highest BCUT2D eigenvalue weighted by molar-refractivity contribution is 6.39. The fourth-order valence-electron chi connectivity index (χ4n) is 3.20. The van der Waals surface area contributed by atoms with E-state index in [0.717, 1.165) is 29.8 Å². The zero-order valence-electron chi connectivity index (χ0n) is 16.3. The fourth-order valence-corrected chi connectivity index (χ4v) is 3.20. The van der Waals surface area contributed by atoms with E-state index in [1.165, 1.54) is 0 Å². The molecule has 148 valence electrons. The maximum absolute atomic E-state index is 12.3. The predicted octanol–water partition coefficient (Wildman–Crippen LogP) is 1.83. The Morgan fingerprint density at radius 3 is 2.61 bits per heavy atom. The molecule has 0 bridgehead atoms. The van der Waals surface area contributed by atoms with E-state index in [1.54, 1.807) is 18.5 Å². The first kappa shape index (κ1) is 20.0. The van der Waals surface area contributed by atoms with Crippen molar-refractivity contribution < 1.29 is 14.3 Å². The van der Waals surface area contributed by atoms with Gasteiger partial charge in [0.2, 0.25) is 0 Å². The molecule has 2 amide bonds. The first-order chi connectivity index (χ1) is 13.5. The second-order valence-corrected chi connectivity index (χ2v) is 6.91. The average Bonchev–Trinajstić information content (AvgIpc) is 2.72. The van der Waals surface area contributed by atoms with Gasteiger partial charge in [0.15, 0.2) is 0 Å². The first-order valence-electron chi connectivity index (χ1n) is 9.43. The van der Waals surface area contributed by atoms with E-state index in [-0.39, 0.29) is 6.04 Å². The molecule has 1 atom stereocenters. The van der Waals surface area contributed by atoms with E-state index in [2.05, 4.69) is 20.5 Å². The van der Waals surface area contributed by atoms with Gasteiger partial charge in [0.25, 0.3) is 0 Å². The molecule has 1 aromatic carbocycles. The van der Waals surface area contributed by atoms with E-state index >= 15 is 0 Å². The average molecular weight is 382 g/mol. The molecule has 28 heavy (non-hydrogen) atoms. The van der Waals surface area contributed by atoms with Crippen LogP contribution in [0.5, 0.6) is 0 Å². The molecule has 2 heterocycles. The third-order valence-corrected chi connectivity index (χ3v) is 4.98. The molecule has 1 aliphatic heterocycles. The largest absolute Gasteiger partial charge is 0.379 e. The lowest BCUT2D eigenvalue weighted by molar-refractivity contribution is -0.136. The lowest BCUT2D eigenvalue weighted by atomic mass is 10.1. The molecule has 1 aliphatic rings. The van der Waals surface area contributed by atoms with Crippen LogP contribution in [-0.2, 0) is 14.3 Å². The van der Waals surface area contributed by atoms with Crippen molar-refractivity contribution in [2.45, 2.75) is 19.9 Å². The number of benzene rings is 1. The molecule has 3 rings (SSSR count). The summed E-state index contributed by atoms with van der Waals surface area (Å²) in [5.41, 5.74) is 3.80. The minimum absolute atomic E-state index is 0.0593. The molecular weight excluding hydrogens is 356 g/mol. The molecule has 2 aromatic rings. The van der Waals surface area contributed by atoms with Crippen LogP contribution in [0.3, 0.4) is 0 Å². The number of ether oxygens (including phenoxy) is 1. The summed E-state index contributed by atoms with van der Waals surface area (Å²) in [5.74, 6) is -1.32. The van der Waals surface area contributed by atoms with Gasteiger partial charge < -0.3 is 15.4 Å². The second kappa shape index (κ2) is 9.43. The molecule has 1 saturated heterocycles. The van der Waals surface area contributed by atoms with Gasteiger partial charge in [0, 0.05) is 37.7 Å². The Kier molecular flexibility index (Phi) is 6.73.